The second-order valence-corrected chi connectivity index (χ2v) is 6.71. The third-order valence-corrected chi connectivity index (χ3v) is 5.01. The zero-order chi connectivity index (χ0) is 18.4. The molecule has 0 aliphatic heterocycles. The topological polar surface area (TPSA) is 59.0 Å². The van der Waals surface area contributed by atoms with Crippen molar-refractivity contribution in [3.63, 3.8) is 0 Å². The van der Waals surface area contributed by atoms with Crippen LogP contribution >= 0.6 is 28.1 Å². The monoisotopic (exact) mass is 425 g/mol. The minimum absolute atomic E-state index is 0.142. The lowest BCUT2D eigenvalue weighted by Gasteiger charge is -2.20. The minimum atomic E-state index is -0.919. The van der Waals surface area contributed by atoms with Crippen LogP contribution in [0.3, 0.4) is 0 Å². The number of halogens is 1. The number of fused-ring (bicyclic) bond motifs is 1. The van der Waals surface area contributed by atoms with Gasteiger partial charge in [0.25, 0.3) is 0 Å². The summed E-state index contributed by atoms with van der Waals surface area (Å²) >= 11 is 9.07. The molecular formula is C18H20BrNO4S. The third-order valence-electron chi connectivity index (χ3n) is 3.66. The van der Waals surface area contributed by atoms with Crippen molar-refractivity contribution in [1.29, 1.82) is 0 Å². The number of nitrogens with zero attached hydrogens (tertiary/aromatic N) is 1. The molecule has 0 aliphatic rings. The number of methoxy groups -OCH3 is 1. The van der Waals surface area contributed by atoms with Gasteiger partial charge in [0, 0.05) is 38.1 Å². The van der Waals surface area contributed by atoms with E-state index in [0.717, 1.165) is 33.0 Å². The van der Waals surface area contributed by atoms with Crippen molar-refractivity contribution in [2.75, 3.05) is 33.9 Å². The summed E-state index contributed by atoms with van der Waals surface area (Å²) < 4.78 is 11.7. The lowest BCUT2D eigenvalue weighted by Crippen LogP contribution is -2.31. The third kappa shape index (κ3) is 4.90. The van der Waals surface area contributed by atoms with Gasteiger partial charge in [-0.05, 0) is 33.4 Å². The molecule has 0 spiro atoms. The van der Waals surface area contributed by atoms with E-state index in [1.807, 2.05) is 30.3 Å². The Bertz CT molecular complexity index is 781. The summed E-state index contributed by atoms with van der Waals surface area (Å²) in [4.78, 5) is 13.0. The van der Waals surface area contributed by atoms with Crippen molar-refractivity contribution >= 4 is 49.9 Å². The first-order valence-corrected chi connectivity index (χ1v) is 8.96. The van der Waals surface area contributed by atoms with Gasteiger partial charge in [-0.1, -0.05) is 30.4 Å². The molecule has 134 valence electrons. The fraction of sp³-hybridized carbons (Fsp3) is 0.333. The van der Waals surface area contributed by atoms with Crippen LogP contribution in [-0.4, -0.2) is 54.9 Å². The first kappa shape index (κ1) is 19.6. The Balaban J connectivity index is 2.31. The standard InChI is InChI=1S/C18H20BrNO4S/c1-20(11-16(21)22)18(25)14-6-3-5-13-12(14)7-8-15(17(13)19)24-10-4-9-23-2/h3,5-8H,4,9-11H2,1-2H3,(H,21,22). The molecule has 0 bridgehead atoms. The quantitative estimate of drug-likeness (QED) is 0.513. The number of carboxylic acids is 1. The van der Waals surface area contributed by atoms with Crippen molar-refractivity contribution in [1.82, 2.24) is 4.90 Å². The zero-order valence-electron chi connectivity index (χ0n) is 14.1. The molecule has 0 atom stereocenters. The van der Waals surface area contributed by atoms with Crippen LogP contribution in [0.5, 0.6) is 5.75 Å². The smallest absolute Gasteiger partial charge is 0.323 e. The average Bonchev–Trinajstić information content (AvgIpc) is 2.59. The van der Waals surface area contributed by atoms with E-state index in [1.54, 1.807) is 19.1 Å². The van der Waals surface area contributed by atoms with Crippen LogP contribution in [0, 0.1) is 0 Å². The Morgan fingerprint density at radius 2 is 2.00 bits per heavy atom. The first-order valence-electron chi connectivity index (χ1n) is 7.76. The van der Waals surface area contributed by atoms with Crippen LogP contribution in [0.1, 0.15) is 12.0 Å². The molecule has 0 saturated heterocycles. The highest BCUT2D eigenvalue weighted by atomic mass is 79.9. The Labute approximate surface area is 160 Å². The molecule has 5 nitrogen and oxygen atoms in total. The lowest BCUT2D eigenvalue weighted by atomic mass is 10.0. The Kier molecular flexibility index (Phi) is 7.16. The molecule has 2 aromatic carbocycles. The predicted molar refractivity (Wildman–Crippen MR) is 106 cm³/mol. The molecule has 0 unspecified atom stereocenters. The molecule has 25 heavy (non-hydrogen) atoms. The maximum Gasteiger partial charge on any atom is 0.323 e. The van der Waals surface area contributed by atoms with Crippen molar-refractivity contribution < 1.29 is 19.4 Å². The van der Waals surface area contributed by atoms with Gasteiger partial charge in [0.05, 0.1) is 11.1 Å². The molecule has 0 radical (unpaired) electrons. The Morgan fingerprint density at radius 1 is 1.24 bits per heavy atom. The number of hydrogen-bond acceptors (Lipinski definition) is 4. The van der Waals surface area contributed by atoms with Gasteiger partial charge in [0.2, 0.25) is 0 Å². The molecule has 2 aromatic rings. The van der Waals surface area contributed by atoms with Gasteiger partial charge >= 0.3 is 5.97 Å². The van der Waals surface area contributed by atoms with Gasteiger partial charge in [-0.2, -0.15) is 0 Å². The van der Waals surface area contributed by atoms with E-state index >= 15 is 0 Å². The summed E-state index contributed by atoms with van der Waals surface area (Å²) in [5, 5.41) is 10.9. The number of benzene rings is 2. The number of aliphatic carboxylic acids is 1. The first-order chi connectivity index (χ1) is 12.0. The van der Waals surface area contributed by atoms with Crippen molar-refractivity contribution in [3.05, 3.63) is 40.4 Å². The number of thiocarbonyl (C=S) groups is 1. The molecule has 0 saturated carbocycles. The van der Waals surface area contributed by atoms with E-state index in [4.69, 9.17) is 26.8 Å². The fourth-order valence-electron chi connectivity index (χ4n) is 2.46. The van der Waals surface area contributed by atoms with Crippen molar-refractivity contribution in [2.45, 2.75) is 6.42 Å². The van der Waals surface area contributed by atoms with Crippen LogP contribution in [0.2, 0.25) is 0 Å². The largest absolute Gasteiger partial charge is 0.492 e. The summed E-state index contributed by atoms with van der Waals surface area (Å²) in [6.45, 7) is 1.08. The number of hydrogen-bond donors (Lipinski definition) is 1. The molecule has 2 rings (SSSR count). The van der Waals surface area contributed by atoms with E-state index in [2.05, 4.69) is 15.9 Å². The maximum atomic E-state index is 10.9. The summed E-state index contributed by atoms with van der Waals surface area (Å²) in [5.74, 6) is -0.163. The molecule has 7 heteroatoms. The summed E-state index contributed by atoms with van der Waals surface area (Å²) in [7, 11) is 3.34. The highest BCUT2D eigenvalue weighted by molar-refractivity contribution is 9.10. The van der Waals surface area contributed by atoms with Gasteiger partial charge in [0.15, 0.2) is 0 Å². The molecule has 0 amide bonds. The second-order valence-electron chi connectivity index (χ2n) is 5.53. The molecule has 0 aromatic heterocycles. The van der Waals surface area contributed by atoms with E-state index in [9.17, 15) is 4.79 Å². The Morgan fingerprint density at radius 3 is 2.68 bits per heavy atom. The van der Waals surface area contributed by atoms with E-state index < -0.39 is 5.97 Å². The van der Waals surface area contributed by atoms with Crippen LogP contribution in [0.25, 0.3) is 10.8 Å². The molecule has 0 aliphatic carbocycles. The van der Waals surface area contributed by atoms with Crippen LogP contribution < -0.4 is 4.74 Å². The van der Waals surface area contributed by atoms with Gasteiger partial charge in [-0.15, -0.1) is 0 Å². The number of rotatable bonds is 8. The number of carbonyl (C=O) groups is 1. The summed E-state index contributed by atoms with van der Waals surface area (Å²) in [6, 6.07) is 9.61. The van der Waals surface area contributed by atoms with Gasteiger partial charge < -0.3 is 19.5 Å². The summed E-state index contributed by atoms with van der Waals surface area (Å²) in [6.07, 6.45) is 0.811. The Hall–Kier alpha value is -1.70. The van der Waals surface area contributed by atoms with Crippen molar-refractivity contribution in [3.8, 4) is 5.75 Å². The molecule has 1 N–H and O–H groups in total. The van der Waals surface area contributed by atoms with E-state index in [1.165, 1.54) is 0 Å². The van der Waals surface area contributed by atoms with Gasteiger partial charge in [-0.25, -0.2) is 0 Å². The summed E-state index contributed by atoms with van der Waals surface area (Å²) in [5.41, 5.74) is 0.822. The number of carboxylic acid groups (broad SMARTS) is 1. The highest BCUT2D eigenvalue weighted by Gasteiger charge is 2.15. The fourth-order valence-corrected chi connectivity index (χ4v) is 3.30. The van der Waals surface area contributed by atoms with Crippen LogP contribution in [0.15, 0.2) is 34.8 Å². The minimum Gasteiger partial charge on any atom is -0.492 e. The van der Waals surface area contributed by atoms with E-state index in [0.29, 0.717) is 18.2 Å². The molecular weight excluding hydrogens is 406 g/mol. The molecule has 0 heterocycles. The second kappa shape index (κ2) is 9.12. The SMILES string of the molecule is COCCCOc1ccc2c(C(=S)N(C)CC(=O)O)cccc2c1Br. The molecule has 0 fully saturated rings. The normalized spacial score (nSPS) is 10.7. The maximum absolute atomic E-state index is 10.9. The van der Waals surface area contributed by atoms with Crippen LogP contribution in [0.4, 0.5) is 0 Å². The number of ether oxygens (including phenoxy) is 2. The highest BCUT2D eigenvalue weighted by Crippen LogP contribution is 2.35. The van der Waals surface area contributed by atoms with Gasteiger partial charge in [-0.3, -0.25) is 4.79 Å². The average molecular weight is 426 g/mol. The van der Waals surface area contributed by atoms with E-state index in [-0.39, 0.29) is 6.54 Å². The zero-order valence-corrected chi connectivity index (χ0v) is 16.5. The van der Waals surface area contributed by atoms with Crippen molar-refractivity contribution in [2.24, 2.45) is 0 Å². The van der Waals surface area contributed by atoms with Gasteiger partial charge in [0.1, 0.15) is 17.3 Å². The number of likely N-dealkylation sites (N-methyl/N-ethyl adjacent to an activating group) is 1. The van der Waals surface area contributed by atoms with Crippen LogP contribution in [-0.2, 0) is 9.53 Å². The predicted octanol–water partition coefficient (Wildman–Crippen LogP) is 3.71. The lowest BCUT2D eigenvalue weighted by molar-refractivity contribution is -0.137.